The van der Waals surface area contributed by atoms with Crippen LogP contribution in [0.25, 0.3) is 0 Å². The molecule has 3 fully saturated rings. The average Bonchev–Trinajstić information content (AvgIpc) is 3.80. The highest BCUT2D eigenvalue weighted by atomic mass is 35.5. The van der Waals surface area contributed by atoms with E-state index in [1.54, 1.807) is 18.2 Å². The highest BCUT2D eigenvalue weighted by molar-refractivity contribution is 6.33. The van der Waals surface area contributed by atoms with Crippen molar-refractivity contribution < 1.29 is 8.78 Å². The number of likely N-dealkylation sites (tertiary alicyclic amines) is 1. The second-order valence-electron chi connectivity index (χ2n) is 11.7. The molecule has 6 rings (SSSR count). The van der Waals surface area contributed by atoms with Gasteiger partial charge in [0.1, 0.15) is 23.0 Å². The Morgan fingerprint density at radius 1 is 0.905 bits per heavy atom. The van der Waals surface area contributed by atoms with Crippen molar-refractivity contribution in [3.8, 4) is 0 Å². The molecule has 1 aliphatic carbocycles. The summed E-state index contributed by atoms with van der Waals surface area (Å²) in [4.78, 5) is 31.0. The minimum atomic E-state index is -0.608. The molecule has 2 aliphatic heterocycles. The summed E-state index contributed by atoms with van der Waals surface area (Å²) in [5.74, 6) is -0.730. The van der Waals surface area contributed by atoms with Crippen molar-refractivity contribution in [1.82, 2.24) is 9.80 Å². The zero-order valence-electron chi connectivity index (χ0n) is 23.6. The van der Waals surface area contributed by atoms with Crippen molar-refractivity contribution in [2.45, 2.75) is 63.7 Å². The molecule has 2 saturated heterocycles. The van der Waals surface area contributed by atoms with Crippen LogP contribution in [-0.4, -0.2) is 60.6 Å². The van der Waals surface area contributed by atoms with Gasteiger partial charge in [0.05, 0.1) is 10.7 Å². The van der Waals surface area contributed by atoms with Gasteiger partial charge in [0.2, 0.25) is 0 Å². The van der Waals surface area contributed by atoms with Crippen LogP contribution < -0.4 is 26.4 Å². The minimum absolute atomic E-state index is 0.166. The van der Waals surface area contributed by atoms with Crippen LogP contribution in [-0.2, 0) is 6.54 Å². The van der Waals surface area contributed by atoms with E-state index in [4.69, 9.17) is 23.2 Å². The van der Waals surface area contributed by atoms with Gasteiger partial charge in [-0.3, -0.25) is 19.4 Å². The molecule has 3 aliphatic rings. The first kappa shape index (κ1) is 29.4. The molecule has 0 unspecified atom stereocenters. The van der Waals surface area contributed by atoms with E-state index in [1.807, 2.05) is 4.90 Å². The number of nitrogens with one attached hydrogen (secondary N) is 2. The van der Waals surface area contributed by atoms with Gasteiger partial charge in [0, 0.05) is 60.6 Å². The van der Waals surface area contributed by atoms with Gasteiger partial charge >= 0.3 is 0 Å². The maximum atomic E-state index is 15.5. The molecular weight excluding hydrogens is 583 g/mol. The molecule has 0 aromatic heterocycles. The van der Waals surface area contributed by atoms with Crippen molar-refractivity contribution in [3.63, 3.8) is 0 Å². The van der Waals surface area contributed by atoms with E-state index in [9.17, 15) is 14.0 Å². The smallest absolute Gasteiger partial charge is 0.253 e. The summed E-state index contributed by atoms with van der Waals surface area (Å²) < 4.78 is 29.8. The number of benzene rings is 2. The SMILES string of the molecule is CC[C@H]1CN(c2c(F)cc(Nc3c(NC4CC4)c(=O)c3=O)cc2Cl)CCN1C1CCN(Cc2ccc(Cl)cc2F)CC1. The lowest BCUT2D eigenvalue weighted by atomic mass is 9.97. The Kier molecular flexibility index (Phi) is 8.46. The Labute approximate surface area is 254 Å². The number of piperidine rings is 1. The Balaban J connectivity index is 1.08. The van der Waals surface area contributed by atoms with Crippen molar-refractivity contribution in [2.75, 3.05) is 48.3 Å². The largest absolute Gasteiger partial charge is 0.377 e. The zero-order valence-corrected chi connectivity index (χ0v) is 25.1. The summed E-state index contributed by atoms with van der Waals surface area (Å²) in [7, 11) is 0. The van der Waals surface area contributed by atoms with E-state index >= 15 is 4.39 Å². The molecule has 11 heteroatoms. The van der Waals surface area contributed by atoms with E-state index in [0.717, 1.165) is 51.7 Å². The monoisotopic (exact) mass is 617 g/mol. The van der Waals surface area contributed by atoms with E-state index in [-0.39, 0.29) is 34.3 Å². The number of piperazine rings is 1. The number of rotatable bonds is 9. The molecular formula is C31H35Cl2F2N5O2. The van der Waals surface area contributed by atoms with Gasteiger partial charge in [0.15, 0.2) is 0 Å². The van der Waals surface area contributed by atoms with Crippen LogP contribution in [0.5, 0.6) is 0 Å². The van der Waals surface area contributed by atoms with Gasteiger partial charge in [0.25, 0.3) is 10.9 Å². The van der Waals surface area contributed by atoms with Crippen LogP contribution in [0, 0.1) is 11.6 Å². The Morgan fingerprint density at radius 3 is 2.31 bits per heavy atom. The van der Waals surface area contributed by atoms with Crippen LogP contribution in [0.2, 0.25) is 10.0 Å². The minimum Gasteiger partial charge on any atom is -0.377 e. The number of nitrogens with zero attached hydrogens (tertiary/aromatic N) is 3. The molecule has 1 saturated carbocycles. The van der Waals surface area contributed by atoms with E-state index in [0.29, 0.717) is 47.6 Å². The van der Waals surface area contributed by atoms with Gasteiger partial charge in [-0.25, -0.2) is 8.78 Å². The van der Waals surface area contributed by atoms with Gasteiger partial charge < -0.3 is 15.5 Å². The standard InChI is InChI=1S/C31H35Cl2F2N5O2/c1-2-22-17-39(11-12-40(22)23-7-9-38(10-8-23)16-18-3-4-19(32)13-25(18)34)29-24(33)14-21(15-26(29)35)37-28-27(30(41)31(28)42)36-20-5-6-20/h3-4,13-15,20,22-23,36-37H,2,5-12,16-17H2,1H3/t22-/m0/s1. The van der Waals surface area contributed by atoms with Crippen LogP contribution in [0.1, 0.15) is 44.6 Å². The lowest BCUT2D eigenvalue weighted by Gasteiger charge is -2.48. The van der Waals surface area contributed by atoms with Gasteiger partial charge in [-0.1, -0.05) is 36.2 Å². The zero-order chi connectivity index (χ0) is 29.5. The third kappa shape index (κ3) is 6.02. The Bertz CT molecular complexity index is 1510. The third-order valence-electron chi connectivity index (χ3n) is 8.87. The third-order valence-corrected chi connectivity index (χ3v) is 9.40. The Hall–Kier alpha value is -2.72. The molecule has 3 aromatic carbocycles. The number of halogens is 4. The van der Waals surface area contributed by atoms with Crippen LogP contribution in [0.3, 0.4) is 0 Å². The molecule has 2 heterocycles. The average molecular weight is 619 g/mol. The van der Waals surface area contributed by atoms with Gasteiger partial charge in [-0.2, -0.15) is 0 Å². The lowest BCUT2D eigenvalue weighted by molar-refractivity contribution is 0.0608. The first-order valence-corrected chi connectivity index (χ1v) is 15.5. The Morgan fingerprint density at radius 2 is 1.64 bits per heavy atom. The van der Waals surface area contributed by atoms with Crippen molar-refractivity contribution in [3.05, 3.63) is 78.0 Å². The summed E-state index contributed by atoms with van der Waals surface area (Å²) in [6.07, 6.45) is 4.84. The second kappa shape index (κ2) is 12.1. The van der Waals surface area contributed by atoms with Crippen LogP contribution in [0.4, 0.5) is 31.5 Å². The molecule has 2 N–H and O–H groups in total. The number of hydrogen-bond donors (Lipinski definition) is 2. The summed E-state index contributed by atoms with van der Waals surface area (Å²) in [6, 6.07) is 8.70. The fourth-order valence-electron chi connectivity index (χ4n) is 6.38. The molecule has 3 aromatic rings. The molecule has 0 radical (unpaired) electrons. The molecule has 7 nitrogen and oxygen atoms in total. The quantitative estimate of drug-likeness (QED) is 0.296. The maximum absolute atomic E-state index is 15.5. The fraction of sp³-hybridized carbons (Fsp3) is 0.484. The highest BCUT2D eigenvalue weighted by Crippen LogP contribution is 2.37. The maximum Gasteiger partial charge on any atom is 0.253 e. The van der Waals surface area contributed by atoms with Gasteiger partial charge in [-0.05, 0) is 69.5 Å². The number of hydrogen-bond acceptors (Lipinski definition) is 7. The molecule has 0 amide bonds. The lowest BCUT2D eigenvalue weighted by Crippen LogP contribution is -2.58. The topological polar surface area (TPSA) is 67.9 Å². The predicted molar refractivity (Wildman–Crippen MR) is 165 cm³/mol. The van der Waals surface area contributed by atoms with E-state index < -0.39 is 16.7 Å². The summed E-state index contributed by atoms with van der Waals surface area (Å²) in [6.45, 7) is 6.60. The van der Waals surface area contributed by atoms with Crippen molar-refractivity contribution in [1.29, 1.82) is 0 Å². The predicted octanol–water partition coefficient (Wildman–Crippen LogP) is 5.75. The molecule has 42 heavy (non-hydrogen) atoms. The van der Waals surface area contributed by atoms with Gasteiger partial charge in [-0.15, -0.1) is 0 Å². The first-order chi connectivity index (χ1) is 20.2. The summed E-state index contributed by atoms with van der Waals surface area (Å²) in [5, 5.41) is 6.66. The van der Waals surface area contributed by atoms with E-state index in [1.165, 1.54) is 12.1 Å². The first-order valence-electron chi connectivity index (χ1n) is 14.7. The normalized spacial score (nSPS) is 20.8. The summed E-state index contributed by atoms with van der Waals surface area (Å²) in [5.41, 5.74) is 0.649. The summed E-state index contributed by atoms with van der Waals surface area (Å²) >= 11 is 12.5. The molecule has 0 bridgehead atoms. The fourth-order valence-corrected chi connectivity index (χ4v) is 6.87. The van der Waals surface area contributed by atoms with Crippen LogP contribution >= 0.6 is 23.2 Å². The van der Waals surface area contributed by atoms with Crippen molar-refractivity contribution in [2.24, 2.45) is 0 Å². The highest BCUT2D eigenvalue weighted by Gasteiger charge is 2.35. The second-order valence-corrected chi connectivity index (χ2v) is 12.6. The molecule has 0 spiro atoms. The van der Waals surface area contributed by atoms with Crippen molar-refractivity contribution >= 4 is 46.0 Å². The number of anilines is 4. The van der Waals surface area contributed by atoms with E-state index in [2.05, 4.69) is 27.4 Å². The molecule has 1 atom stereocenters. The van der Waals surface area contributed by atoms with Crippen LogP contribution in [0.15, 0.2) is 39.9 Å². The molecule has 224 valence electrons.